The number of sulfonamides is 1. The number of fused-ring (bicyclic) bond motifs is 1. The molecule has 1 aliphatic rings. The van der Waals surface area contributed by atoms with Gasteiger partial charge in [0.2, 0.25) is 10.0 Å². The normalized spacial score (nSPS) is 14.0. The summed E-state index contributed by atoms with van der Waals surface area (Å²) in [5, 5.41) is 16.5. The van der Waals surface area contributed by atoms with Crippen LogP contribution < -0.4 is 10.0 Å². The molecule has 0 saturated carbocycles. The molecule has 2 aromatic carbocycles. The predicted molar refractivity (Wildman–Crippen MR) is 80.8 cm³/mol. The van der Waals surface area contributed by atoms with E-state index in [2.05, 4.69) is 0 Å². The van der Waals surface area contributed by atoms with Crippen LogP contribution in [0.2, 0.25) is 0 Å². The number of nitro groups is 1. The molecule has 0 amide bonds. The summed E-state index contributed by atoms with van der Waals surface area (Å²) in [6.07, 6.45) is 0. The summed E-state index contributed by atoms with van der Waals surface area (Å²) in [4.78, 5) is 12.0. The number of primary sulfonamides is 1. The Labute approximate surface area is 127 Å². The monoisotopic (exact) mass is 319 g/mol. The zero-order valence-electron chi connectivity index (χ0n) is 11.5. The Morgan fingerprint density at radius 2 is 1.64 bits per heavy atom. The summed E-state index contributed by atoms with van der Waals surface area (Å²) < 4.78 is 23.2. The Kier molecular flexibility index (Phi) is 3.34. The largest absolute Gasteiger partial charge is 0.357 e. The number of hydrogen-bond acceptors (Lipinski definition) is 5. The van der Waals surface area contributed by atoms with E-state index in [4.69, 9.17) is 5.14 Å². The number of nitrogens with two attached hydrogens (primary N) is 1. The van der Waals surface area contributed by atoms with E-state index in [1.54, 1.807) is 11.0 Å². The second-order valence-corrected chi connectivity index (χ2v) is 6.58. The highest BCUT2D eigenvalue weighted by molar-refractivity contribution is 7.89. The van der Waals surface area contributed by atoms with Gasteiger partial charge in [-0.25, -0.2) is 13.6 Å². The number of nitro benzene ring substituents is 1. The fourth-order valence-electron chi connectivity index (χ4n) is 2.68. The summed E-state index contributed by atoms with van der Waals surface area (Å²) in [5.74, 6) is 0. The van der Waals surface area contributed by atoms with Crippen LogP contribution in [0.15, 0.2) is 47.4 Å². The minimum Gasteiger partial charge on any atom is -0.357 e. The Morgan fingerprint density at radius 1 is 1.05 bits per heavy atom. The molecule has 0 unspecified atom stereocenters. The lowest BCUT2D eigenvalue weighted by Gasteiger charge is -2.18. The van der Waals surface area contributed by atoms with Crippen molar-refractivity contribution in [3.05, 3.63) is 63.7 Å². The molecule has 2 aromatic rings. The van der Waals surface area contributed by atoms with Crippen LogP contribution in [0, 0.1) is 10.1 Å². The summed E-state index contributed by atoms with van der Waals surface area (Å²) in [6, 6.07) is 11.9. The Morgan fingerprint density at radius 3 is 2.14 bits per heavy atom. The van der Waals surface area contributed by atoms with Crippen molar-refractivity contribution in [1.82, 2.24) is 0 Å². The molecule has 3 rings (SSSR count). The van der Waals surface area contributed by atoms with Crippen LogP contribution in [0.4, 0.5) is 11.4 Å². The minimum atomic E-state index is -4.17. The smallest absolute Gasteiger partial charge is 0.312 e. The lowest BCUT2D eigenvalue weighted by atomic mass is 10.1. The number of hydrogen-bond donors (Lipinski definition) is 1. The summed E-state index contributed by atoms with van der Waals surface area (Å²) in [7, 11) is -4.17. The van der Waals surface area contributed by atoms with E-state index >= 15 is 0 Å². The standard InChI is InChI=1S/C14H13N3O4S/c15-22(20,21)13-7-3-6-12(14(13)17(18)19)16-8-10-4-1-2-5-11(10)9-16/h1-7H,8-9H2,(H2,15,20,21). The molecule has 0 saturated heterocycles. The van der Waals surface area contributed by atoms with Crippen LogP contribution >= 0.6 is 0 Å². The lowest BCUT2D eigenvalue weighted by molar-refractivity contribution is -0.387. The SMILES string of the molecule is NS(=O)(=O)c1cccc(N2Cc3ccccc3C2)c1[N+](=O)[O-]. The topological polar surface area (TPSA) is 107 Å². The molecule has 114 valence electrons. The van der Waals surface area contributed by atoms with Gasteiger partial charge in [0.15, 0.2) is 4.90 Å². The van der Waals surface area contributed by atoms with Gasteiger partial charge in [0.1, 0.15) is 5.69 Å². The van der Waals surface area contributed by atoms with E-state index in [0.717, 1.165) is 17.2 Å². The van der Waals surface area contributed by atoms with Gasteiger partial charge in [-0.15, -0.1) is 0 Å². The molecule has 0 fully saturated rings. The number of benzene rings is 2. The minimum absolute atomic E-state index is 0.257. The van der Waals surface area contributed by atoms with Crippen LogP contribution in [0.3, 0.4) is 0 Å². The van der Waals surface area contributed by atoms with E-state index < -0.39 is 25.5 Å². The average Bonchev–Trinajstić information content (AvgIpc) is 2.89. The molecule has 0 bridgehead atoms. The molecule has 1 aliphatic heterocycles. The quantitative estimate of drug-likeness (QED) is 0.685. The first kappa shape index (κ1) is 14.5. The Hall–Kier alpha value is -2.45. The highest BCUT2D eigenvalue weighted by Crippen LogP contribution is 2.38. The number of anilines is 1. The predicted octanol–water partition coefficient (Wildman–Crippen LogP) is 1.76. The van der Waals surface area contributed by atoms with Gasteiger partial charge in [-0.1, -0.05) is 30.3 Å². The summed E-state index contributed by atoms with van der Waals surface area (Å²) >= 11 is 0. The van der Waals surface area contributed by atoms with Crippen molar-refractivity contribution in [1.29, 1.82) is 0 Å². The van der Waals surface area contributed by atoms with Gasteiger partial charge in [0.25, 0.3) is 0 Å². The van der Waals surface area contributed by atoms with Gasteiger partial charge in [-0.3, -0.25) is 10.1 Å². The van der Waals surface area contributed by atoms with Crippen LogP contribution in [0.1, 0.15) is 11.1 Å². The van der Waals surface area contributed by atoms with Crippen molar-refractivity contribution in [2.45, 2.75) is 18.0 Å². The molecule has 1 heterocycles. The molecule has 0 radical (unpaired) electrons. The molecule has 0 atom stereocenters. The van der Waals surface area contributed by atoms with E-state index in [9.17, 15) is 18.5 Å². The van der Waals surface area contributed by atoms with Gasteiger partial charge >= 0.3 is 5.69 Å². The van der Waals surface area contributed by atoms with Gasteiger partial charge < -0.3 is 4.90 Å². The maximum Gasteiger partial charge on any atom is 0.312 e. The first-order valence-electron chi connectivity index (χ1n) is 6.50. The molecule has 2 N–H and O–H groups in total. The number of para-hydroxylation sites is 1. The van der Waals surface area contributed by atoms with Crippen molar-refractivity contribution in [3.8, 4) is 0 Å². The van der Waals surface area contributed by atoms with Crippen molar-refractivity contribution in [2.75, 3.05) is 4.90 Å². The first-order valence-corrected chi connectivity index (χ1v) is 8.04. The second kappa shape index (κ2) is 5.08. The van der Waals surface area contributed by atoms with Crippen molar-refractivity contribution >= 4 is 21.4 Å². The molecule has 7 nitrogen and oxygen atoms in total. The van der Waals surface area contributed by atoms with Gasteiger partial charge in [0.05, 0.1) is 4.92 Å². The van der Waals surface area contributed by atoms with Gasteiger partial charge in [-0.05, 0) is 23.3 Å². The van der Waals surface area contributed by atoms with Crippen LogP contribution in [0.5, 0.6) is 0 Å². The van der Waals surface area contributed by atoms with E-state index in [-0.39, 0.29) is 5.69 Å². The molecule has 0 aromatic heterocycles. The summed E-state index contributed by atoms with van der Waals surface area (Å²) in [6.45, 7) is 0.982. The fraction of sp³-hybridized carbons (Fsp3) is 0.143. The highest BCUT2D eigenvalue weighted by Gasteiger charge is 2.31. The molecule has 0 spiro atoms. The van der Waals surface area contributed by atoms with E-state index in [1.165, 1.54) is 6.07 Å². The molecule has 8 heteroatoms. The average molecular weight is 319 g/mol. The lowest BCUT2D eigenvalue weighted by Crippen LogP contribution is -2.19. The highest BCUT2D eigenvalue weighted by atomic mass is 32.2. The number of nitrogens with zero attached hydrogens (tertiary/aromatic N) is 2. The molecule has 0 aliphatic carbocycles. The number of rotatable bonds is 3. The third-order valence-electron chi connectivity index (χ3n) is 3.65. The fourth-order valence-corrected chi connectivity index (χ4v) is 3.40. The van der Waals surface area contributed by atoms with Crippen molar-refractivity contribution < 1.29 is 13.3 Å². The maximum atomic E-state index is 11.6. The molecule has 22 heavy (non-hydrogen) atoms. The van der Waals surface area contributed by atoms with Gasteiger partial charge in [0, 0.05) is 13.1 Å². The molecular weight excluding hydrogens is 306 g/mol. The third-order valence-corrected chi connectivity index (χ3v) is 4.59. The van der Waals surface area contributed by atoms with E-state index in [0.29, 0.717) is 13.1 Å². The van der Waals surface area contributed by atoms with Crippen molar-refractivity contribution in [2.24, 2.45) is 5.14 Å². The zero-order valence-corrected chi connectivity index (χ0v) is 12.3. The second-order valence-electron chi connectivity index (χ2n) is 5.05. The zero-order chi connectivity index (χ0) is 15.9. The van der Waals surface area contributed by atoms with Crippen LogP contribution in [-0.2, 0) is 23.1 Å². The van der Waals surface area contributed by atoms with Crippen LogP contribution in [-0.4, -0.2) is 13.3 Å². The third kappa shape index (κ3) is 2.42. The van der Waals surface area contributed by atoms with Gasteiger partial charge in [-0.2, -0.15) is 0 Å². The maximum absolute atomic E-state index is 11.6. The van der Waals surface area contributed by atoms with Crippen LogP contribution in [0.25, 0.3) is 0 Å². The Bertz CT molecular complexity index is 839. The first-order chi connectivity index (χ1) is 10.4. The summed E-state index contributed by atoms with van der Waals surface area (Å²) in [5.41, 5.74) is 1.92. The van der Waals surface area contributed by atoms with Crippen molar-refractivity contribution in [3.63, 3.8) is 0 Å². The Balaban J connectivity index is 2.12. The van der Waals surface area contributed by atoms with E-state index in [1.807, 2.05) is 24.3 Å². The molecular formula is C14H13N3O4S.